The molecule has 6 N–H and O–H groups in total. The molecule has 3 aromatic carbocycles. The van der Waals surface area contributed by atoms with Gasteiger partial charge in [0.15, 0.2) is 5.13 Å². The SMILES string of the molecule is Cc1c(C(=O)O)cccc1C(=O)O.Nc1ccc(Oc2ccccc2)cc1.Nc1nccs1. The van der Waals surface area contributed by atoms with Crippen molar-refractivity contribution < 1.29 is 24.5 Å². The third-order valence-corrected chi connectivity index (χ3v) is 4.71. The number of carboxylic acid groups (broad SMARTS) is 2. The fourth-order valence-electron chi connectivity index (χ4n) is 2.49. The van der Waals surface area contributed by atoms with E-state index < -0.39 is 11.9 Å². The fourth-order valence-corrected chi connectivity index (χ4v) is 2.88. The molecule has 33 heavy (non-hydrogen) atoms. The number of thiazole rings is 1. The highest BCUT2D eigenvalue weighted by molar-refractivity contribution is 7.13. The first-order valence-corrected chi connectivity index (χ1v) is 10.5. The maximum absolute atomic E-state index is 10.6. The van der Waals surface area contributed by atoms with Gasteiger partial charge in [-0.1, -0.05) is 24.3 Å². The monoisotopic (exact) mass is 465 g/mol. The number of rotatable bonds is 4. The Morgan fingerprint density at radius 3 is 1.79 bits per heavy atom. The average molecular weight is 466 g/mol. The number of nitrogen functional groups attached to an aromatic ring is 2. The number of para-hydroxylation sites is 1. The lowest BCUT2D eigenvalue weighted by molar-refractivity contribution is 0.0696. The van der Waals surface area contributed by atoms with Gasteiger partial charge < -0.3 is 26.4 Å². The summed E-state index contributed by atoms with van der Waals surface area (Å²) < 4.78 is 5.58. The molecule has 0 aliphatic heterocycles. The van der Waals surface area contributed by atoms with Crippen LogP contribution in [0, 0.1) is 6.92 Å². The summed E-state index contributed by atoms with van der Waals surface area (Å²) in [6.07, 6.45) is 1.68. The zero-order chi connectivity index (χ0) is 24.2. The third-order valence-electron chi connectivity index (χ3n) is 4.11. The van der Waals surface area contributed by atoms with Gasteiger partial charge in [-0.25, -0.2) is 14.6 Å². The molecule has 170 valence electrons. The van der Waals surface area contributed by atoms with Crippen LogP contribution in [0.15, 0.2) is 84.4 Å². The molecular weight excluding hydrogens is 442 g/mol. The lowest BCUT2D eigenvalue weighted by Crippen LogP contribution is -2.06. The number of hydrogen-bond donors (Lipinski definition) is 4. The smallest absolute Gasteiger partial charge is 0.335 e. The van der Waals surface area contributed by atoms with E-state index in [0.29, 0.717) is 5.13 Å². The van der Waals surface area contributed by atoms with Gasteiger partial charge in [0.1, 0.15) is 11.5 Å². The summed E-state index contributed by atoms with van der Waals surface area (Å²) in [5.74, 6) is -0.594. The van der Waals surface area contributed by atoms with Gasteiger partial charge in [-0.15, -0.1) is 11.3 Å². The maximum Gasteiger partial charge on any atom is 0.335 e. The minimum Gasteiger partial charge on any atom is -0.478 e. The number of anilines is 2. The molecular formula is C24H23N3O5S. The van der Waals surface area contributed by atoms with Crippen LogP contribution in [0.25, 0.3) is 0 Å². The van der Waals surface area contributed by atoms with Crippen molar-refractivity contribution in [2.24, 2.45) is 0 Å². The fraction of sp³-hybridized carbons (Fsp3) is 0.0417. The molecule has 0 atom stereocenters. The van der Waals surface area contributed by atoms with Crippen molar-refractivity contribution in [3.05, 3.63) is 101 Å². The van der Waals surface area contributed by atoms with E-state index >= 15 is 0 Å². The van der Waals surface area contributed by atoms with Crippen LogP contribution in [0.4, 0.5) is 10.8 Å². The van der Waals surface area contributed by atoms with Crippen LogP contribution >= 0.6 is 11.3 Å². The largest absolute Gasteiger partial charge is 0.478 e. The molecule has 0 unspecified atom stereocenters. The van der Waals surface area contributed by atoms with Crippen LogP contribution in [0.5, 0.6) is 11.5 Å². The summed E-state index contributed by atoms with van der Waals surface area (Å²) in [6, 6.07) is 21.2. The lowest BCUT2D eigenvalue weighted by atomic mass is 10.0. The van der Waals surface area contributed by atoms with Crippen LogP contribution in [0.2, 0.25) is 0 Å². The molecule has 4 aromatic rings. The van der Waals surface area contributed by atoms with Crippen molar-refractivity contribution in [3.8, 4) is 11.5 Å². The quantitative estimate of drug-likeness (QED) is 0.301. The Morgan fingerprint density at radius 2 is 1.36 bits per heavy atom. The molecule has 0 fully saturated rings. The van der Waals surface area contributed by atoms with E-state index in [4.69, 9.17) is 26.4 Å². The van der Waals surface area contributed by atoms with Crippen molar-refractivity contribution in [1.82, 2.24) is 4.98 Å². The van der Waals surface area contributed by atoms with Crippen molar-refractivity contribution >= 4 is 34.1 Å². The highest BCUT2D eigenvalue weighted by Gasteiger charge is 2.13. The number of aromatic nitrogens is 1. The van der Waals surface area contributed by atoms with Crippen LogP contribution in [-0.4, -0.2) is 27.1 Å². The lowest BCUT2D eigenvalue weighted by Gasteiger charge is -2.04. The Balaban J connectivity index is 0.000000188. The number of carboxylic acids is 2. The molecule has 4 rings (SSSR count). The minimum absolute atomic E-state index is 0.0277. The van der Waals surface area contributed by atoms with Gasteiger partial charge in [-0.2, -0.15) is 0 Å². The zero-order valence-electron chi connectivity index (χ0n) is 17.7. The summed E-state index contributed by atoms with van der Waals surface area (Å²) in [6.45, 7) is 1.48. The highest BCUT2D eigenvalue weighted by atomic mass is 32.1. The molecule has 0 amide bonds. The molecule has 0 bridgehead atoms. The Labute approximate surface area is 194 Å². The van der Waals surface area contributed by atoms with Crippen molar-refractivity contribution in [1.29, 1.82) is 0 Å². The normalized spacial score (nSPS) is 9.48. The Bertz CT molecular complexity index is 1130. The first kappa shape index (κ1) is 24.9. The van der Waals surface area contributed by atoms with Gasteiger partial charge in [-0.05, 0) is 61.0 Å². The third kappa shape index (κ3) is 8.35. The first-order chi connectivity index (χ1) is 15.8. The second-order valence-electron chi connectivity index (χ2n) is 6.44. The van der Waals surface area contributed by atoms with Gasteiger partial charge in [0.25, 0.3) is 0 Å². The summed E-state index contributed by atoms with van der Waals surface area (Å²) in [5.41, 5.74) is 11.8. The number of aromatic carboxylic acids is 2. The molecule has 0 radical (unpaired) electrons. The molecule has 9 heteroatoms. The summed E-state index contributed by atoms with van der Waals surface area (Å²) in [7, 11) is 0. The predicted molar refractivity (Wildman–Crippen MR) is 129 cm³/mol. The molecule has 0 saturated carbocycles. The van der Waals surface area contributed by atoms with Gasteiger partial charge in [0.05, 0.1) is 11.1 Å². The second kappa shape index (κ2) is 12.5. The molecule has 0 aliphatic carbocycles. The van der Waals surface area contributed by atoms with Crippen LogP contribution in [0.1, 0.15) is 26.3 Å². The van der Waals surface area contributed by atoms with Crippen molar-refractivity contribution in [3.63, 3.8) is 0 Å². The number of carbonyl (C=O) groups is 2. The van der Waals surface area contributed by atoms with Crippen molar-refractivity contribution in [2.75, 3.05) is 11.5 Å². The number of benzene rings is 3. The van der Waals surface area contributed by atoms with E-state index in [0.717, 1.165) is 17.2 Å². The number of hydrogen-bond acceptors (Lipinski definition) is 7. The van der Waals surface area contributed by atoms with Crippen LogP contribution in [-0.2, 0) is 0 Å². The van der Waals surface area contributed by atoms with Gasteiger partial charge in [0.2, 0.25) is 0 Å². The molecule has 1 heterocycles. The highest BCUT2D eigenvalue weighted by Crippen LogP contribution is 2.21. The zero-order valence-corrected chi connectivity index (χ0v) is 18.5. The van der Waals surface area contributed by atoms with Gasteiger partial charge in [0, 0.05) is 17.3 Å². The van der Waals surface area contributed by atoms with Crippen LogP contribution < -0.4 is 16.2 Å². The second-order valence-corrected chi connectivity index (χ2v) is 7.37. The van der Waals surface area contributed by atoms with Gasteiger partial charge in [-0.3, -0.25) is 0 Å². The predicted octanol–water partition coefficient (Wildman–Crippen LogP) is 5.18. The molecule has 1 aromatic heterocycles. The van der Waals surface area contributed by atoms with E-state index in [-0.39, 0.29) is 16.7 Å². The minimum atomic E-state index is -1.11. The molecule has 0 spiro atoms. The Hall–Kier alpha value is -4.37. The standard InChI is InChI=1S/C12H11NO.C9H8O4.C3H4N2S/c13-10-6-8-12(9-7-10)14-11-4-2-1-3-5-11;1-5-6(8(10)11)3-2-4-7(5)9(12)13;4-3-5-1-2-6-3/h1-9H,13H2;2-4H,1H3,(H,10,11)(H,12,13);1-2H,(H2,4,5). The maximum atomic E-state index is 10.6. The molecule has 8 nitrogen and oxygen atoms in total. The van der Waals surface area contributed by atoms with Crippen molar-refractivity contribution in [2.45, 2.75) is 6.92 Å². The molecule has 0 aliphatic rings. The average Bonchev–Trinajstić information content (AvgIpc) is 3.28. The van der Waals surface area contributed by atoms with Crippen LogP contribution in [0.3, 0.4) is 0 Å². The number of ether oxygens (including phenoxy) is 1. The van der Waals surface area contributed by atoms with Gasteiger partial charge >= 0.3 is 11.9 Å². The Morgan fingerprint density at radius 1 is 0.818 bits per heavy atom. The van der Waals surface area contributed by atoms with E-state index in [9.17, 15) is 9.59 Å². The van der Waals surface area contributed by atoms with E-state index in [2.05, 4.69) is 4.98 Å². The summed E-state index contributed by atoms with van der Waals surface area (Å²) in [4.78, 5) is 24.9. The first-order valence-electron chi connectivity index (χ1n) is 9.57. The summed E-state index contributed by atoms with van der Waals surface area (Å²) >= 11 is 1.44. The summed E-state index contributed by atoms with van der Waals surface area (Å²) in [5, 5.41) is 19.8. The topological polar surface area (TPSA) is 149 Å². The van der Waals surface area contributed by atoms with E-state index in [1.165, 1.54) is 36.5 Å². The van der Waals surface area contributed by atoms with E-state index in [1.54, 1.807) is 6.20 Å². The molecule has 0 saturated heterocycles. The van der Waals surface area contributed by atoms with E-state index in [1.807, 2.05) is 60.0 Å². The number of nitrogens with two attached hydrogens (primary N) is 2. The Kier molecular flexibility index (Phi) is 9.41. The number of nitrogens with zero attached hydrogens (tertiary/aromatic N) is 1.